The molecule has 0 aromatic carbocycles. The quantitative estimate of drug-likeness (QED) is 0.750. The summed E-state index contributed by atoms with van der Waals surface area (Å²) in [6.07, 6.45) is 4.55. The second-order valence-corrected chi connectivity index (χ2v) is 8.09. The van der Waals surface area contributed by atoms with Gasteiger partial charge in [0.05, 0.1) is 30.5 Å². The van der Waals surface area contributed by atoms with Crippen LogP contribution < -0.4 is 15.7 Å². The Balaban J connectivity index is 0.000000376. The van der Waals surface area contributed by atoms with Gasteiger partial charge in [-0.25, -0.2) is 9.78 Å². The third kappa shape index (κ3) is 5.54. The number of nitrogens with zero attached hydrogens (tertiary/aromatic N) is 2. The molecule has 0 amide bonds. The van der Waals surface area contributed by atoms with Crippen molar-refractivity contribution in [2.24, 2.45) is 0 Å². The van der Waals surface area contributed by atoms with E-state index in [1.165, 1.54) is 0 Å². The minimum atomic E-state index is -0.500. The van der Waals surface area contributed by atoms with E-state index < -0.39 is 5.60 Å². The second kappa shape index (κ2) is 8.41. The van der Waals surface area contributed by atoms with Gasteiger partial charge in [-0.3, -0.25) is 9.55 Å². The van der Waals surface area contributed by atoms with E-state index >= 15 is 0 Å². The predicted octanol–water partition coefficient (Wildman–Crippen LogP) is 1.59. The van der Waals surface area contributed by atoms with E-state index in [2.05, 4.69) is 15.3 Å². The van der Waals surface area contributed by atoms with Gasteiger partial charge in [-0.1, -0.05) is 0 Å². The van der Waals surface area contributed by atoms with Gasteiger partial charge in [0.2, 0.25) is 0 Å². The summed E-state index contributed by atoms with van der Waals surface area (Å²) in [5.74, 6) is 0.699. The predicted molar refractivity (Wildman–Crippen MR) is 103 cm³/mol. The number of rotatable bonds is 3. The van der Waals surface area contributed by atoms with Gasteiger partial charge in [-0.2, -0.15) is 0 Å². The van der Waals surface area contributed by atoms with Crippen molar-refractivity contribution in [3.8, 4) is 5.75 Å². The van der Waals surface area contributed by atoms with Crippen molar-refractivity contribution < 1.29 is 14.6 Å². The number of ether oxygens (including phenoxy) is 2. The molecule has 2 aliphatic rings. The van der Waals surface area contributed by atoms with Gasteiger partial charge in [0.15, 0.2) is 5.65 Å². The summed E-state index contributed by atoms with van der Waals surface area (Å²) >= 11 is 0. The summed E-state index contributed by atoms with van der Waals surface area (Å²) in [6, 6.07) is 2.13. The third-order valence-corrected chi connectivity index (χ3v) is 4.41. The molecule has 0 bridgehead atoms. The largest absolute Gasteiger partial charge is 0.486 e. The maximum atomic E-state index is 12.3. The molecule has 2 aromatic rings. The van der Waals surface area contributed by atoms with Gasteiger partial charge in [0.25, 0.3) is 0 Å². The van der Waals surface area contributed by atoms with Crippen LogP contribution in [0.15, 0.2) is 17.1 Å². The first-order valence-corrected chi connectivity index (χ1v) is 9.59. The van der Waals surface area contributed by atoms with Crippen LogP contribution in [0.4, 0.5) is 0 Å². The Morgan fingerprint density at radius 3 is 2.63 bits per heavy atom. The maximum absolute atomic E-state index is 12.3. The second-order valence-electron chi connectivity index (χ2n) is 8.09. The van der Waals surface area contributed by atoms with Gasteiger partial charge >= 0.3 is 5.69 Å². The van der Waals surface area contributed by atoms with Gasteiger partial charge in [0.1, 0.15) is 11.9 Å². The monoisotopic (exact) mass is 378 g/mol. The normalized spacial score (nSPS) is 21.1. The average Bonchev–Trinajstić information content (AvgIpc) is 3.21. The molecule has 0 spiro atoms. The summed E-state index contributed by atoms with van der Waals surface area (Å²) in [6.45, 7) is 8.46. The van der Waals surface area contributed by atoms with Crippen molar-refractivity contribution in [1.82, 2.24) is 19.9 Å². The van der Waals surface area contributed by atoms with Crippen LogP contribution in [0.2, 0.25) is 0 Å². The molecule has 150 valence electrons. The van der Waals surface area contributed by atoms with E-state index in [0.29, 0.717) is 18.0 Å². The molecule has 4 rings (SSSR count). The summed E-state index contributed by atoms with van der Waals surface area (Å²) < 4.78 is 13.1. The topological polar surface area (TPSA) is 101 Å². The highest BCUT2D eigenvalue weighted by molar-refractivity contribution is 5.72. The molecule has 2 aromatic heterocycles. The molecule has 3 N–H and O–H groups in total. The highest BCUT2D eigenvalue weighted by Crippen LogP contribution is 2.24. The van der Waals surface area contributed by atoms with Crippen LogP contribution in [-0.4, -0.2) is 57.6 Å². The number of hydrogen-bond donors (Lipinski definition) is 3. The van der Waals surface area contributed by atoms with Crippen LogP contribution in [0.5, 0.6) is 5.75 Å². The first-order chi connectivity index (χ1) is 12.8. The van der Waals surface area contributed by atoms with E-state index in [9.17, 15) is 4.79 Å². The molecule has 4 heterocycles. The summed E-state index contributed by atoms with van der Waals surface area (Å²) in [5, 5.41) is 11.8. The number of aliphatic hydroxyl groups is 1. The molecule has 8 nitrogen and oxygen atoms in total. The highest BCUT2D eigenvalue weighted by Gasteiger charge is 2.22. The van der Waals surface area contributed by atoms with Crippen molar-refractivity contribution in [1.29, 1.82) is 0 Å². The first-order valence-electron chi connectivity index (χ1n) is 9.59. The van der Waals surface area contributed by atoms with E-state index in [-0.39, 0.29) is 17.8 Å². The van der Waals surface area contributed by atoms with Crippen LogP contribution in [0, 0.1) is 0 Å². The fourth-order valence-electron chi connectivity index (χ4n) is 3.28. The number of H-pyrrole nitrogens is 1. The number of imidazole rings is 1. The Kier molecular flexibility index (Phi) is 6.18. The molecule has 0 radical (unpaired) electrons. The zero-order chi connectivity index (χ0) is 19.4. The standard InChI is InChI=1S/C15H20N4O3.C4H10O/c20-15-18-14-13(19(15)10-1-4-16-5-2-10)7-12(8-17-14)22-11-3-6-21-9-11;1-4(2,3)5/h7-8,10-11,16H,1-6,9H2,(H,17,18,20);5H,1-3H3. The zero-order valence-corrected chi connectivity index (χ0v) is 16.3. The van der Waals surface area contributed by atoms with Crippen molar-refractivity contribution in [3.63, 3.8) is 0 Å². The van der Waals surface area contributed by atoms with Crippen LogP contribution in [0.1, 0.15) is 46.1 Å². The summed E-state index contributed by atoms with van der Waals surface area (Å²) in [5.41, 5.74) is 0.864. The lowest BCUT2D eigenvalue weighted by molar-refractivity contribution is 0.102. The first kappa shape index (κ1) is 19.9. The maximum Gasteiger partial charge on any atom is 0.327 e. The number of fused-ring (bicyclic) bond motifs is 1. The minimum absolute atomic E-state index is 0.0808. The number of piperidine rings is 1. The number of pyridine rings is 1. The summed E-state index contributed by atoms with van der Waals surface area (Å²) in [4.78, 5) is 19.5. The van der Waals surface area contributed by atoms with E-state index in [1.54, 1.807) is 27.0 Å². The lowest BCUT2D eigenvalue weighted by Gasteiger charge is -2.23. The van der Waals surface area contributed by atoms with Gasteiger partial charge in [-0.15, -0.1) is 0 Å². The molecule has 2 saturated heterocycles. The molecule has 0 aliphatic carbocycles. The fourth-order valence-corrected chi connectivity index (χ4v) is 3.28. The smallest absolute Gasteiger partial charge is 0.327 e. The summed E-state index contributed by atoms with van der Waals surface area (Å²) in [7, 11) is 0. The van der Waals surface area contributed by atoms with E-state index in [1.807, 2.05) is 10.6 Å². The van der Waals surface area contributed by atoms with E-state index in [4.69, 9.17) is 14.6 Å². The molecule has 2 fully saturated rings. The average molecular weight is 378 g/mol. The van der Waals surface area contributed by atoms with Gasteiger partial charge in [-0.05, 0) is 46.7 Å². The molecule has 27 heavy (non-hydrogen) atoms. The van der Waals surface area contributed by atoms with Crippen molar-refractivity contribution in [2.75, 3.05) is 26.3 Å². The van der Waals surface area contributed by atoms with Crippen molar-refractivity contribution in [2.45, 2.75) is 57.8 Å². The molecule has 0 saturated carbocycles. The molecular formula is C19H30N4O4. The molecule has 8 heteroatoms. The van der Waals surface area contributed by atoms with Crippen LogP contribution >= 0.6 is 0 Å². The van der Waals surface area contributed by atoms with E-state index in [0.717, 1.165) is 44.5 Å². The lowest BCUT2D eigenvalue weighted by atomic mass is 10.1. The number of aromatic amines is 1. The Morgan fingerprint density at radius 1 is 1.30 bits per heavy atom. The Morgan fingerprint density at radius 2 is 2.00 bits per heavy atom. The number of hydrogen-bond acceptors (Lipinski definition) is 6. The van der Waals surface area contributed by atoms with Crippen molar-refractivity contribution >= 4 is 11.2 Å². The number of aromatic nitrogens is 3. The Hall–Kier alpha value is -1.90. The lowest BCUT2D eigenvalue weighted by Crippen LogP contribution is -2.33. The van der Waals surface area contributed by atoms with Crippen LogP contribution in [0.3, 0.4) is 0 Å². The molecule has 1 atom stereocenters. The molecule has 1 unspecified atom stereocenters. The van der Waals surface area contributed by atoms with Crippen LogP contribution in [0.25, 0.3) is 11.2 Å². The molecule has 2 aliphatic heterocycles. The highest BCUT2D eigenvalue weighted by atomic mass is 16.5. The third-order valence-electron chi connectivity index (χ3n) is 4.41. The zero-order valence-electron chi connectivity index (χ0n) is 16.3. The van der Waals surface area contributed by atoms with Gasteiger partial charge < -0.3 is 19.9 Å². The number of nitrogens with one attached hydrogen (secondary N) is 2. The van der Waals surface area contributed by atoms with Gasteiger partial charge in [0, 0.05) is 18.5 Å². The fraction of sp³-hybridized carbons (Fsp3) is 0.684. The Bertz CT molecular complexity index is 790. The van der Waals surface area contributed by atoms with Crippen LogP contribution in [-0.2, 0) is 4.74 Å². The SMILES string of the molecule is CC(C)(C)O.O=c1[nH]c2ncc(OC3CCOC3)cc2n1C1CCNCC1. The Labute approximate surface area is 158 Å². The molecular weight excluding hydrogens is 348 g/mol. The van der Waals surface area contributed by atoms with Crippen molar-refractivity contribution in [3.05, 3.63) is 22.7 Å². The minimum Gasteiger partial charge on any atom is -0.486 e.